The summed E-state index contributed by atoms with van der Waals surface area (Å²) in [4.78, 5) is 29.3. The third-order valence-electron chi connectivity index (χ3n) is 5.77. The van der Waals surface area contributed by atoms with Crippen molar-refractivity contribution in [2.24, 2.45) is 5.41 Å². The molecule has 0 unspecified atom stereocenters. The third kappa shape index (κ3) is 3.05. The lowest BCUT2D eigenvalue weighted by atomic mass is 9.78. The third-order valence-corrected chi connectivity index (χ3v) is 5.77. The number of hydrogen-bond acceptors (Lipinski definition) is 5. The van der Waals surface area contributed by atoms with E-state index in [1.165, 1.54) is 0 Å². The maximum Gasteiger partial charge on any atom is 0.292 e. The van der Waals surface area contributed by atoms with Crippen LogP contribution in [0.5, 0.6) is 0 Å². The number of ether oxygens (including phenoxy) is 1. The first-order chi connectivity index (χ1) is 12.1. The molecule has 136 valence electrons. The van der Waals surface area contributed by atoms with Gasteiger partial charge in [-0.1, -0.05) is 5.16 Å². The molecule has 2 amide bonds. The van der Waals surface area contributed by atoms with Gasteiger partial charge in [-0.3, -0.25) is 9.59 Å². The molecule has 1 aliphatic carbocycles. The molecule has 4 rings (SSSR count). The number of hydrogen-bond donors (Lipinski definition) is 0. The van der Waals surface area contributed by atoms with Gasteiger partial charge >= 0.3 is 0 Å². The minimum Gasteiger partial charge on any atom is -0.383 e. The van der Waals surface area contributed by atoms with E-state index in [-0.39, 0.29) is 11.8 Å². The van der Waals surface area contributed by atoms with Crippen LogP contribution in [-0.2, 0) is 9.53 Å². The second-order valence-electron chi connectivity index (χ2n) is 7.54. The first-order valence-corrected chi connectivity index (χ1v) is 9.17. The van der Waals surface area contributed by atoms with Gasteiger partial charge in [-0.2, -0.15) is 0 Å². The summed E-state index contributed by atoms with van der Waals surface area (Å²) in [5.74, 6) is 0.795. The van der Waals surface area contributed by atoms with Crippen molar-refractivity contribution in [3.8, 4) is 0 Å². The molecule has 1 atom stereocenters. The summed E-state index contributed by atoms with van der Waals surface area (Å²) in [5, 5.41) is 4.02. The summed E-state index contributed by atoms with van der Waals surface area (Å²) in [6, 6.07) is 1.78. The first kappa shape index (κ1) is 16.6. The average molecular weight is 347 g/mol. The Labute approximate surface area is 147 Å². The van der Waals surface area contributed by atoms with Crippen LogP contribution >= 0.6 is 0 Å². The number of nitrogens with zero attached hydrogens (tertiary/aromatic N) is 3. The number of carbonyl (C=O) groups is 2. The van der Waals surface area contributed by atoms with Crippen molar-refractivity contribution >= 4 is 11.8 Å². The summed E-state index contributed by atoms with van der Waals surface area (Å²) < 4.78 is 10.4. The van der Waals surface area contributed by atoms with E-state index in [2.05, 4.69) is 5.16 Å². The molecule has 25 heavy (non-hydrogen) atoms. The molecule has 1 saturated carbocycles. The Morgan fingerprint density at radius 1 is 1.40 bits per heavy atom. The van der Waals surface area contributed by atoms with Crippen LogP contribution in [0.15, 0.2) is 10.6 Å². The highest BCUT2D eigenvalue weighted by atomic mass is 16.5. The molecule has 2 saturated heterocycles. The highest BCUT2D eigenvalue weighted by molar-refractivity contribution is 5.93. The van der Waals surface area contributed by atoms with Crippen molar-refractivity contribution in [2.75, 3.05) is 39.9 Å². The Bertz CT molecular complexity index is 669. The van der Waals surface area contributed by atoms with Crippen LogP contribution < -0.4 is 0 Å². The molecule has 0 radical (unpaired) electrons. The van der Waals surface area contributed by atoms with Gasteiger partial charge in [-0.05, 0) is 32.1 Å². The summed E-state index contributed by atoms with van der Waals surface area (Å²) in [6.07, 6.45) is 4.80. The molecule has 1 spiro atoms. The maximum atomic E-state index is 13.0. The summed E-state index contributed by atoms with van der Waals surface area (Å²) in [7, 11) is 1.65. The molecular formula is C18H25N3O4. The average Bonchev–Trinajstić information content (AvgIpc) is 3.20. The van der Waals surface area contributed by atoms with Crippen LogP contribution in [0.1, 0.15) is 54.3 Å². The van der Waals surface area contributed by atoms with Gasteiger partial charge in [-0.15, -0.1) is 0 Å². The van der Waals surface area contributed by atoms with E-state index >= 15 is 0 Å². The number of aromatic nitrogens is 1. The Hall–Kier alpha value is -1.89. The van der Waals surface area contributed by atoms with Gasteiger partial charge in [0.25, 0.3) is 5.91 Å². The zero-order chi connectivity index (χ0) is 17.4. The van der Waals surface area contributed by atoms with Gasteiger partial charge in [0.15, 0.2) is 0 Å². The highest BCUT2D eigenvalue weighted by Gasteiger charge is 2.49. The van der Waals surface area contributed by atoms with E-state index < -0.39 is 5.41 Å². The van der Waals surface area contributed by atoms with Crippen LogP contribution in [0.25, 0.3) is 0 Å². The second-order valence-corrected chi connectivity index (χ2v) is 7.54. The Morgan fingerprint density at radius 2 is 2.24 bits per heavy atom. The summed E-state index contributed by atoms with van der Waals surface area (Å²) in [6.45, 7) is 3.03. The van der Waals surface area contributed by atoms with Crippen molar-refractivity contribution < 1.29 is 18.8 Å². The fourth-order valence-corrected chi connectivity index (χ4v) is 4.11. The molecule has 0 bridgehead atoms. The molecule has 7 nitrogen and oxygen atoms in total. The molecule has 1 aromatic heterocycles. The van der Waals surface area contributed by atoms with Crippen molar-refractivity contribution in [2.45, 2.75) is 38.0 Å². The lowest BCUT2D eigenvalue weighted by Crippen LogP contribution is -2.51. The zero-order valence-electron chi connectivity index (χ0n) is 14.7. The van der Waals surface area contributed by atoms with E-state index in [0.29, 0.717) is 37.9 Å². The SMILES string of the molecule is COCCN1CCC[C@@]2(CCN(C(=O)c3cc(C4CC4)no3)C2)C1=O. The van der Waals surface area contributed by atoms with E-state index in [1.807, 2.05) is 4.90 Å². The molecule has 3 fully saturated rings. The monoisotopic (exact) mass is 347 g/mol. The zero-order valence-corrected chi connectivity index (χ0v) is 14.7. The maximum absolute atomic E-state index is 13.0. The second kappa shape index (κ2) is 6.44. The summed E-state index contributed by atoms with van der Waals surface area (Å²) >= 11 is 0. The molecule has 7 heteroatoms. The minimum absolute atomic E-state index is 0.141. The summed E-state index contributed by atoms with van der Waals surface area (Å²) in [5.41, 5.74) is 0.456. The lowest BCUT2D eigenvalue weighted by Gasteiger charge is -2.39. The molecule has 2 aliphatic heterocycles. The fraction of sp³-hybridized carbons (Fsp3) is 0.722. The normalized spacial score (nSPS) is 26.7. The number of amides is 2. The predicted octanol–water partition coefficient (Wildman–Crippen LogP) is 1.65. The molecule has 3 aliphatic rings. The van der Waals surface area contributed by atoms with Crippen molar-refractivity contribution in [1.82, 2.24) is 15.0 Å². The van der Waals surface area contributed by atoms with Crippen molar-refractivity contribution in [3.63, 3.8) is 0 Å². The van der Waals surface area contributed by atoms with Gasteiger partial charge in [0.1, 0.15) is 0 Å². The Balaban J connectivity index is 1.44. The molecule has 3 heterocycles. The molecule has 0 N–H and O–H groups in total. The van der Waals surface area contributed by atoms with Gasteiger partial charge in [-0.25, -0.2) is 0 Å². The van der Waals surface area contributed by atoms with Gasteiger partial charge < -0.3 is 19.1 Å². The largest absolute Gasteiger partial charge is 0.383 e. The molecule has 1 aromatic rings. The van der Waals surface area contributed by atoms with Crippen LogP contribution in [0, 0.1) is 5.41 Å². The Morgan fingerprint density at radius 3 is 3.00 bits per heavy atom. The Kier molecular flexibility index (Phi) is 4.27. The highest BCUT2D eigenvalue weighted by Crippen LogP contribution is 2.41. The quantitative estimate of drug-likeness (QED) is 0.809. The van der Waals surface area contributed by atoms with Crippen LogP contribution in [0.2, 0.25) is 0 Å². The van der Waals surface area contributed by atoms with E-state index in [4.69, 9.17) is 9.26 Å². The van der Waals surface area contributed by atoms with Gasteiger partial charge in [0.05, 0.1) is 17.7 Å². The van der Waals surface area contributed by atoms with Gasteiger partial charge in [0.2, 0.25) is 11.7 Å². The lowest BCUT2D eigenvalue weighted by molar-refractivity contribution is -0.146. The minimum atomic E-state index is -0.430. The van der Waals surface area contributed by atoms with Crippen molar-refractivity contribution in [3.05, 3.63) is 17.5 Å². The predicted molar refractivity (Wildman–Crippen MR) is 89.1 cm³/mol. The number of methoxy groups -OCH3 is 1. The topological polar surface area (TPSA) is 75.9 Å². The number of rotatable bonds is 5. The number of piperidine rings is 1. The van der Waals surface area contributed by atoms with Crippen molar-refractivity contribution in [1.29, 1.82) is 0 Å². The molecular weight excluding hydrogens is 322 g/mol. The van der Waals surface area contributed by atoms with Crippen LogP contribution in [0.3, 0.4) is 0 Å². The van der Waals surface area contributed by atoms with E-state index in [1.54, 1.807) is 18.1 Å². The van der Waals surface area contributed by atoms with E-state index in [9.17, 15) is 9.59 Å². The smallest absolute Gasteiger partial charge is 0.292 e. The first-order valence-electron chi connectivity index (χ1n) is 9.17. The van der Waals surface area contributed by atoms with Gasteiger partial charge in [0, 0.05) is 45.3 Å². The fourth-order valence-electron chi connectivity index (χ4n) is 4.11. The molecule has 0 aromatic carbocycles. The number of likely N-dealkylation sites (tertiary alicyclic amines) is 2. The van der Waals surface area contributed by atoms with E-state index in [0.717, 1.165) is 44.3 Å². The van der Waals surface area contributed by atoms with Crippen LogP contribution in [0.4, 0.5) is 0 Å². The number of carbonyl (C=O) groups excluding carboxylic acids is 2. The standard InChI is InChI=1S/C18H25N3O4/c1-24-10-9-20-7-2-5-18(17(20)23)6-8-21(12-18)16(22)15-11-14(19-25-15)13-3-4-13/h11,13H,2-10,12H2,1H3/t18-/m0/s1. The van der Waals surface area contributed by atoms with Crippen LogP contribution in [-0.4, -0.2) is 66.7 Å².